The van der Waals surface area contributed by atoms with Crippen LogP contribution in [0.4, 0.5) is 0 Å². The van der Waals surface area contributed by atoms with Crippen LogP contribution in [-0.2, 0) is 6.54 Å². The van der Waals surface area contributed by atoms with Crippen molar-refractivity contribution in [1.29, 1.82) is 0 Å². The third-order valence-electron chi connectivity index (χ3n) is 2.04. The molecule has 0 fully saturated rings. The van der Waals surface area contributed by atoms with Gasteiger partial charge in [-0.2, -0.15) is 0 Å². The van der Waals surface area contributed by atoms with Crippen LogP contribution in [0.15, 0.2) is 35.1 Å². The van der Waals surface area contributed by atoms with Gasteiger partial charge in [-0.1, -0.05) is 29.3 Å². The second kappa shape index (κ2) is 7.63. The molecule has 1 aromatic rings. The Bertz CT molecular complexity index is 330. The Morgan fingerprint density at radius 3 is 2.94 bits per heavy atom. The molecule has 0 aliphatic carbocycles. The summed E-state index contributed by atoms with van der Waals surface area (Å²) in [5, 5.41) is 9.50. The van der Waals surface area contributed by atoms with Crippen LogP contribution < -0.4 is 0 Å². The highest BCUT2D eigenvalue weighted by atomic mass is 35.5. The molecule has 3 nitrogen and oxygen atoms in total. The first-order valence-corrected chi connectivity index (χ1v) is 5.74. The monoisotopic (exact) mass is 260 g/mol. The molecule has 0 aliphatic rings. The normalized spacial score (nSPS) is 12.1. The second-order valence-electron chi connectivity index (χ2n) is 3.35. The van der Waals surface area contributed by atoms with E-state index in [1.54, 1.807) is 12.4 Å². The van der Waals surface area contributed by atoms with Crippen LogP contribution in [0.25, 0.3) is 0 Å². The first kappa shape index (κ1) is 13.5. The summed E-state index contributed by atoms with van der Waals surface area (Å²) in [5.74, 6) is 0. The average molecular weight is 261 g/mol. The van der Waals surface area contributed by atoms with Crippen LogP contribution in [0.5, 0.6) is 0 Å². The highest BCUT2D eigenvalue weighted by Crippen LogP contribution is 2.09. The summed E-state index contributed by atoms with van der Waals surface area (Å²) in [7, 11) is 0. The highest BCUT2D eigenvalue weighted by Gasteiger charge is 2.07. The Kier molecular flexibility index (Phi) is 6.42. The van der Waals surface area contributed by atoms with Crippen LogP contribution in [0.3, 0.4) is 0 Å². The molecule has 1 heterocycles. The molecule has 0 aliphatic heterocycles. The zero-order valence-electron chi connectivity index (χ0n) is 8.81. The molecule has 1 N–H and O–H groups in total. The minimum atomic E-state index is 0.0900. The number of rotatable bonds is 6. The van der Waals surface area contributed by atoms with Gasteiger partial charge in [0.25, 0.3) is 0 Å². The van der Waals surface area contributed by atoms with Crippen LogP contribution in [-0.4, -0.2) is 34.7 Å². The Morgan fingerprint density at radius 1 is 1.56 bits per heavy atom. The topological polar surface area (TPSA) is 36.4 Å². The van der Waals surface area contributed by atoms with Crippen LogP contribution in [0, 0.1) is 0 Å². The number of halogens is 2. The summed E-state index contributed by atoms with van der Waals surface area (Å²) in [5.41, 5.74) is 2.42. The van der Waals surface area contributed by atoms with E-state index in [0.717, 1.165) is 5.56 Å². The lowest BCUT2D eigenvalue weighted by Gasteiger charge is -2.20. The molecule has 5 heteroatoms. The molecule has 0 aromatic carbocycles. The zero-order chi connectivity index (χ0) is 11.8. The summed E-state index contributed by atoms with van der Waals surface area (Å²) in [4.78, 5) is 6.03. The van der Waals surface area contributed by atoms with Crippen LogP contribution in [0.1, 0.15) is 5.56 Å². The number of hydrogen-bond acceptors (Lipinski definition) is 3. The first-order valence-electron chi connectivity index (χ1n) is 4.93. The Morgan fingerprint density at radius 2 is 2.38 bits per heavy atom. The van der Waals surface area contributed by atoms with Crippen LogP contribution in [0.2, 0.25) is 0 Å². The first-order chi connectivity index (χ1) is 7.76. The largest absolute Gasteiger partial charge is 0.395 e. The van der Waals surface area contributed by atoms with Crippen molar-refractivity contribution in [3.63, 3.8) is 0 Å². The van der Waals surface area contributed by atoms with Gasteiger partial charge in [0.15, 0.2) is 0 Å². The molecule has 0 unspecified atom stereocenters. The molecule has 88 valence electrons. The van der Waals surface area contributed by atoms with Crippen molar-refractivity contribution in [1.82, 2.24) is 9.88 Å². The van der Waals surface area contributed by atoms with Crippen molar-refractivity contribution >= 4 is 23.2 Å². The molecule has 0 spiro atoms. The van der Waals surface area contributed by atoms with Gasteiger partial charge in [0.2, 0.25) is 0 Å². The van der Waals surface area contributed by atoms with E-state index >= 15 is 0 Å². The van der Waals surface area contributed by atoms with E-state index in [0.29, 0.717) is 24.7 Å². The predicted octanol–water partition coefficient (Wildman–Crippen LogP) is 2.19. The van der Waals surface area contributed by atoms with Gasteiger partial charge in [-0.3, -0.25) is 9.88 Å². The molecule has 1 aromatic heterocycles. The van der Waals surface area contributed by atoms with E-state index < -0.39 is 0 Å². The number of aliphatic hydroxyl groups excluding tert-OH is 1. The van der Waals surface area contributed by atoms with Crippen molar-refractivity contribution in [2.75, 3.05) is 19.7 Å². The van der Waals surface area contributed by atoms with E-state index in [9.17, 15) is 0 Å². The maximum Gasteiger partial charge on any atom is 0.0558 e. The summed E-state index contributed by atoms with van der Waals surface area (Å²) in [6.45, 7) is 1.86. The van der Waals surface area contributed by atoms with Crippen molar-refractivity contribution < 1.29 is 5.11 Å². The van der Waals surface area contributed by atoms with Gasteiger partial charge in [0.05, 0.1) is 6.61 Å². The van der Waals surface area contributed by atoms with Crippen LogP contribution >= 0.6 is 23.2 Å². The van der Waals surface area contributed by atoms with E-state index in [4.69, 9.17) is 28.3 Å². The van der Waals surface area contributed by atoms with Gasteiger partial charge < -0.3 is 5.11 Å². The predicted molar refractivity (Wildman–Crippen MR) is 66.4 cm³/mol. The quantitative estimate of drug-likeness (QED) is 0.852. The molecule has 0 radical (unpaired) electrons. The summed E-state index contributed by atoms with van der Waals surface area (Å²) < 4.78 is 0. The number of pyridine rings is 1. The average Bonchev–Trinajstić information content (AvgIpc) is 2.30. The van der Waals surface area contributed by atoms with E-state index in [2.05, 4.69) is 4.98 Å². The van der Waals surface area contributed by atoms with Gasteiger partial charge in [-0.05, 0) is 11.6 Å². The van der Waals surface area contributed by atoms with Gasteiger partial charge in [-0.25, -0.2) is 0 Å². The minimum Gasteiger partial charge on any atom is -0.395 e. The highest BCUT2D eigenvalue weighted by molar-refractivity contribution is 6.36. The second-order valence-corrected chi connectivity index (χ2v) is 4.06. The molecule has 0 bridgehead atoms. The van der Waals surface area contributed by atoms with Crippen molar-refractivity contribution in [3.8, 4) is 0 Å². The smallest absolute Gasteiger partial charge is 0.0558 e. The maximum atomic E-state index is 8.95. The van der Waals surface area contributed by atoms with Gasteiger partial charge in [0.1, 0.15) is 0 Å². The van der Waals surface area contributed by atoms with E-state index in [-0.39, 0.29) is 6.61 Å². The van der Waals surface area contributed by atoms with Gasteiger partial charge >= 0.3 is 0 Å². The summed E-state index contributed by atoms with van der Waals surface area (Å²) in [6, 6.07) is 3.86. The standard InChI is InChI=1S/C11H14Cl2N2O/c12-6-11(13)9-15(4-5-16)8-10-2-1-3-14-7-10/h1-3,6-7,16H,4-5,8-9H2/b11-6-. The number of nitrogens with zero attached hydrogens (tertiary/aromatic N) is 2. The molecule has 0 saturated heterocycles. The number of hydrogen-bond donors (Lipinski definition) is 1. The molecule has 16 heavy (non-hydrogen) atoms. The Balaban J connectivity index is 2.57. The maximum absolute atomic E-state index is 8.95. The van der Waals surface area contributed by atoms with Gasteiger partial charge in [-0.15, -0.1) is 0 Å². The van der Waals surface area contributed by atoms with Crippen molar-refractivity contribution in [2.24, 2.45) is 0 Å². The Hall–Kier alpha value is -0.610. The third kappa shape index (κ3) is 4.94. The van der Waals surface area contributed by atoms with Gasteiger partial charge in [0, 0.05) is 42.6 Å². The Labute approximate surface area is 105 Å². The van der Waals surface area contributed by atoms with E-state index in [1.165, 1.54) is 5.54 Å². The lowest BCUT2D eigenvalue weighted by molar-refractivity contribution is 0.202. The number of aromatic nitrogens is 1. The minimum absolute atomic E-state index is 0.0900. The molecule has 0 atom stereocenters. The van der Waals surface area contributed by atoms with Crippen molar-refractivity contribution in [3.05, 3.63) is 40.7 Å². The summed E-state index contributed by atoms with van der Waals surface area (Å²) in [6.07, 6.45) is 3.52. The fourth-order valence-electron chi connectivity index (χ4n) is 1.35. The molecule has 0 saturated carbocycles. The fraction of sp³-hybridized carbons (Fsp3) is 0.364. The SMILES string of the molecule is OCCN(C/C(Cl)=C/Cl)Cc1cccnc1. The lowest BCUT2D eigenvalue weighted by Crippen LogP contribution is -2.27. The molecular weight excluding hydrogens is 247 g/mol. The zero-order valence-corrected chi connectivity index (χ0v) is 10.3. The molecule has 1 rings (SSSR count). The van der Waals surface area contributed by atoms with E-state index in [1.807, 2.05) is 17.0 Å². The lowest BCUT2D eigenvalue weighted by atomic mass is 10.2. The molecular formula is C11H14Cl2N2O. The van der Waals surface area contributed by atoms with Crippen molar-refractivity contribution in [2.45, 2.75) is 6.54 Å². The number of aliphatic hydroxyl groups is 1. The molecule has 0 amide bonds. The third-order valence-corrected chi connectivity index (χ3v) is 2.64. The summed E-state index contributed by atoms with van der Waals surface area (Å²) >= 11 is 11.4. The fourth-order valence-corrected chi connectivity index (χ4v) is 1.59.